The molecular formula is C28H53N11O10. The summed E-state index contributed by atoms with van der Waals surface area (Å²) < 4.78 is 0. The highest BCUT2D eigenvalue weighted by molar-refractivity contribution is 5.96. The SMILES string of the molecule is C[C@H](NC(=O)[C@@H](NC(=O)[C@H](CCC(N)=O)NC(=O)[C@H](CCCCN)NC(=O)[C@@H](NC(=O)[C@@H](N)CCCN=C(N)N)[C@@H](C)O)[C@@H](C)O)C(=O)O. The molecule has 0 aliphatic carbocycles. The van der Waals surface area contributed by atoms with Crippen molar-refractivity contribution >= 4 is 47.4 Å². The third-order valence-electron chi connectivity index (χ3n) is 7.05. The summed E-state index contributed by atoms with van der Waals surface area (Å²) in [5.41, 5.74) is 27.2. The van der Waals surface area contributed by atoms with E-state index in [4.69, 9.17) is 33.8 Å². The molecule has 0 fully saturated rings. The number of carbonyl (C=O) groups is 7. The minimum Gasteiger partial charge on any atom is -0.480 e. The second-order valence-corrected chi connectivity index (χ2v) is 11.5. The van der Waals surface area contributed by atoms with Gasteiger partial charge < -0.3 is 70.6 Å². The second kappa shape index (κ2) is 22.9. The number of amides is 6. The maximum Gasteiger partial charge on any atom is 0.325 e. The van der Waals surface area contributed by atoms with Gasteiger partial charge in [-0.2, -0.15) is 0 Å². The van der Waals surface area contributed by atoms with Crippen LogP contribution in [0.2, 0.25) is 0 Å². The predicted octanol–water partition coefficient (Wildman–Crippen LogP) is -5.95. The molecular weight excluding hydrogens is 650 g/mol. The van der Waals surface area contributed by atoms with Crippen molar-refractivity contribution < 1.29 is 48.9 Å². The van der Waals surface area contributed by atoms with Crippen LogP contribution < -0.4 is 55.3 Å². The molecule has 21 nitrogen and oxygen atoms in total. The number of aliphatic carboxylic acids is 1. The highest BCUT2D eigenvalue weighted by atomic mass is 16.4. The van der Waals surface area contributed by atoms with E-state index < -0.39 is 96.3 Å². The fourth-order valence-electron chi connectivity index (χ4n) is 4.19. The van der Waals surface area contributed by atoms with Crippen LogP contribution in [0.5, 0.6) is 0 Å². The van der Waals surface area contributed by atoms with Gasteiger partial charge in [-0.1, -0.05) is 0 Å². The summed E-state index contributed by atoms with van der Waals surface area (Å²) in [7, 11) is 0. The average molecular weight is 704 g/mol. The first kappa shape index (κ1) is 44.4. The minimum atomic E-state index is -1.66. The van der Waals surface area contributed by atoms with Crippen molar-refractivity contribution in [1.82, 2.24) is 26.6 Å². The zero-order valence-electron chi connectivity index (χ0n) is 28.0. The number of carboxylic acids is 1. The first-order valence-electron chi connectivity index (χ1n) is 15.7. The van der Waals surface area contributed by atoms with Crippen LogP contribution >= 0.6 is 0 Å². The van der Waals surface area contributed by atoms with E-state index in [1.807, 2.05) is 0 Å². The van der Waals surface area contributed by atoms with E-state index in [2.05, 4.69) is 31.6 Å². The van der Waals surface area contributed by atoms with E-state index in [1.165, 1.54) is 6.92 Å². The number of nitrogens with zero attached hydrogens (tertiary/aromatic N) is 1. The quantitative estimate of drug-likeness (QED) is 0.0253. The van der Waals surface area contributed by atoms with Gasteiger partial charge in [0.25, 0.3) is 0 Å². The number of hydrogen-bond acceptors (Lipinski definition) is 12. The molecule has 18 N–H and O–H groups in total. The molecule has 21 heteroatoms. The number of carbonyl (C=O) groups excluding carboxylic acids is 6. The highest BCUT2D eigenvalue weighted by Gasteiger charge is 2.34. The molecule has 0 rings (SSSR count). The lowest BCUT2D eigenvalue weighted by atomic mass is 10.0. The lowest BCUT2D eigenvalue weighted by Gasteiger charge is -2.28. The van der Waals surface area contributed by atoms with E-state index in [1.54, 1.807) is 0 Å². The molecule has 0 saturated heterocycles. The van der Waals surface area contributed by atoms with Gasteiger partial charge in [-0.15, -0.1) is 0 Å². The Morgan fingerprint density at radius 3 is 1.63 bits per heavy atom. The lowest BCUT2D eigenvalue weighted by molar-refractivity contribution is -0.142. The number of nitrogens with two attached hydrogens (primary N) is 5. The Hall–Kier alpha value is -4.60. The largest absolute Gasteiger partial charge is 0.480 e. The number of unbranched alkanes of at least 4 members (excludes halogenated alkanes) is 1. The van der Waals surface area contributed by atoms with E-state index in [0.717, 1.165) is 13.8 Å². The van der Waals surface area contributed by atoms with E-state index in [-0.39, 0.29) is 38.3 Å². The van der Waals surface area contributed by atoms with Gasteiger partial charge >= 0.3 is 5.97 Å². The topological polar surface area (TPSA) is 383 Å². The Balaban J connectivity index is 5.99. The van der Waals surface area contributed by atoms with Crippen molar-refractivity contribution in [1.29, 1.82) is 0 Å². The van der Waals surface area contributed by atoms with Crippen molar-refractivity contribution in [2.24, 2.45) is 33.7 Å². The fourth-order valence-corrected chi connectivity index (χ4v) is 4.19. The normalized spacial score (nSPS) is 15.8. The molecule has 0 aliphatic rings. The van der Waals surface area contributed by atoms with Crippen LogP contribution in [0.15, 0.2) is 4.99 Å². The third-order valence-corrected chi connectivity index (χ3v) is 7.05. The summed E-state index contributed by atoms with van der Waals surface area (Å²) >= 11 is 0. The standard InChI is InChI=1S/C28H53N11O10/c1-13(27(48)49)35-25(46)20(14(2)40)39-24(45)18(9-10-19(31)42)36-23(44)17(8-4-5-11-29)37-26(47)21(15(3)41)38-22(43)16(30)7-6-12-34-28(32)33/h13-18,20-21,40-41H,4-12,29-30H2,1-3H3,(H2,31,42)(H,35,46)(H,36,44)(H,37,47)(H,38,43)(H,39,45)(H,48,49)(H4,32,33,34)/t13-,14+,15+,16-,17-,18-,20-,21-/m0/s1. The van der Waals surface area contributed by atoms with E-state index in [9.17, 15) is 43.8 Å². The summed E-state index contributed by atoms with van der Waals surface area (Å²) in [5, 5.41) is 41.0. The zero-order chi connectivity index (χ0) is 37.8. The summed E-state index contributed by atoms with van der Waals surface area (Å²) in [4.78, 5) is 91.7. The molecule has 0 aliphatic heterocycles. The van der Waals surface area contributed by atoms with Crippen molar-refractivity contribution in [3.8, 4) is 0 Å². The van der Waals surface area contributed by atoms with Crippen LogP contribution in [0, 0.1) is 0 Å². The molecule has 0 spiro atoms. The van der Waals surface area contributed by atoms with Gasteiger partial charge in [-0.05, 0) is 65.8 Å². The summed E-state index contributed by atoms with van der Waals surface area (Å²) in [6.45, 7) is 4.01. The van der Waals surface area contributed by atoms with Crippen LogP contribution in [0.4, 0.5) is 0 Å². The maximum absolute atomic E-state index is 13.5. The molecule has 0 bridgehead atoms. The van der Waals surface area contributed by atoms with E-state index >= 15 is 0 Å². The monoisotopic (exact) mass is 703 g/mol. The Labute approximate surface area is 283 Å². The molecule has 0 radical (unpaired) electrons. The molecule has 0 saturated carbocycles. The van der Waals surface area contributed by atoms with Crippen LogP contribution in [0.3, 0.4) is 0 Å². The number of guanidine groups is 1. The van der Waals surface area contributed by atoms with Crippen LogP contribution in [0.25, 0.3) is 0 Å². The number of primary amides is 1. The number of aliphatic imine (C=N–C) groups is 1. The highest BCUT2D eigenvalue weighted by Crippen LogP contribution is 2.07. The Morgan fingerprint density at radius 1 is 0.653 bits per heavy atom. The maximum atomic E-state index is 13.5. The summed E-state index contributed by atoms with van der Waals surface area (Å²) in [6.07, 6.45) is -2.46. The fraction of sp³-hybridized carbons (Fsp3) is 0.714. The number of aliphatic hydroxyl groups excluding tert-OH is 2. The molecule has 0 aromatic rings. The number of nitrogens with one attached hydrogen (secondary N) is 5. The summed E-state index contributed by atoms with van der Waals surface area (Å²) in [6, 6.07) is -8.53. The van der Waals surface area contributed by atoms with Gasteiger partial charge in [-0.3, -0.25) is 38.6 Å². The van der Waals surface area contributed by atoms with Crippen molar-refractivity contribution in [2.45, 2.75) is 114 Å². The first-order valence-corrected chi connectivity index (χ1v) is 15.7. The van der Waals surface area contributed by atoms with Crippen molar-refractivity contribution in [3.05, 3.63) is 0 Å². The van der Waals surface area contributed by atoms with Gasteiger partial charge in [0.05, 0.1) is 18.2 Å². The van der Waals surface area contributed by atoms with Gasteiger partial charge in [0.1, 0.15) is 30.2 Å². The molecule has 0 unspecified atom stereocenters. The predicted molar refractivity (Wildman–Crippen MR) is 176 cm³/mol. The molecule has 0 aromatic carbocycles. The second-order valence-electron chi connectivity index (χ2n) is 11.5. The molecule has 49 heavy (non-hydrogen) atoms. The van der Waals surface area contributed by atoms with Crippen molar-refractivity contribution in [3.63, 3.8) is 0 Å². The van der Waals surface area contributed by atoms with E-state index in [0.29, 0.717) is 19.3 Å². The summed E-state index contributed by atoms with van der Waals surface area (Å²) in [5.74, 6) is -7.05. The van der Waals surface area contributed by atoms with Crippen molar-refractivity contribution in [2.75, 3.05) is 13.1 Å². The number of rotatable bonds is 24. The minimum absolute atomic E-state index is 0.00447. The molecule has 6 amide bonds. The molecule has 0 aromatic heterocycles. The zero-order valence-corrected chi connectivity index (χ0v) is 28.0. The molecule has 280 valence electrons. The van der Waals surface area contributed by atoms with Gasteiger partial charge in [0.15, 0.2) is 5.96 Å². The Bertz CT molecular complexity index is 1160. The number of aliphatic hydroxyl groups is 2. The molecule has 8 atom stereocenters. The lowest BCUT2D eigenvalue weighted by Crippen LogP contribution is -2.61. The Morgan fingerprint density at radius 2 is 1.14 bits per heavy atom. The first-order chi connectivity index (χ1) is 22.8. The van der Waals surface area contributed by atoms with Crippen LogP contribution in [-0.2, 0) is 33.6 Å². The smallest absolute Gasteiger partial charge is 0.325 e. The van der Waals surface area contributed by atoms with Crippen LogP contribution in [0.1, 0.15) is 65.7 Å². The number of carboxylic acid groups (broad SMARTS) is 1. The molecule has 0 heterocycles. The van der Waals surface area contributed by atoms with Gasteiger partial charge in [-0.25, -0.2) is 0 Å². The van der Waals surface area contributed by atoms with Gasteiger partial charge in [0.2, 0.25) is 35.4 Å². The number of hydrogen-bond donors (Lipinski definition) is 13. The third kappa shape index (κ3) is 17.9. The van der Waals surface area contributed by atoms with Crippen LogP contribution in [-0.4, -0.2) is 124 Å². The average Bonchev–Trinajstić information content (AvgIpc) is 3.00. The van der Waals surface area contributed by atoms with Gasteiger partial charge in [0, 0.05) is 13.0 Å². The Kier molecular flexibility index (Phi) is 20.7.